The Bertz CT molecular complexity index is 329. The fourth-order valence-corrected chi connectivity index (χ4v) is 1.24. The van der Waals surface area contributed by atoms with Crippen molar-refractivity contribution in [1.82, 2.24) is 10.2 Å². The molecule has 2 N–H and O–H groups in total. The third-order valence-electron chi connectivity index (χ3n) is 2.29. The smallest absolute Gasteiger partial charge is 0.149 e. The van der Waals surface area contributed by atoms with Crippen molar-refractivity contribution in [3.05, 3.63) is 17.8 Å². The van der Waals surface area contributed by atoms with Crippen molar-refractivity contribution >= 4 is 5.82 Å². The zero-order valence-corrected chi connectivity index (χ0v) is 10.0. The van der Waals surface area contributed by atoms with E-state index >= 15 is 0 Å². The number of anilines is 1. The van der Waals surface area contributed by atoms with Crippen LogP contribution in [0.3, 0.4) is 0 Å². The Morgan fingerprint density at radius 2 is 2.31 bits per heavy atom. The van der Waals surface area contributed by atoms with Crippen LogP contribution in [0.1, 0.15) is 18.9 Å². The van der Waals surface area contributed by atoms with Gasteiger partial charge in [0.15, 0.2) is 0 Å². The molecule has 0 aliphatic heterocycles. The summed E-state index contributed by atoms with van der Waals surface area (Å²) in [4.78, 5) is 0. The van der Waals surface area contributed by atoms with Gasteiger partial charge in [-0.15, -0.1) is 5.10 Å². The Morgan fingerprint density at radius 1 is 1.56 bits per heavy atom. The molecule has 0 fully saturated rings. The third-order valence-corrected chi connectivity index (χ3v) is 2.29. The van der Waals surface area contributed by atoms with Gasteiger partial charge in [0.25, 0.3) is 0 Å². The van der Waals surface area contributed by atoms with Crippen molar-refractivity contribution in [3.8, 4) is 0 Å². The summed E-state index contributed by atoms with van der Waals surface area (Å²) in [6.45, 7) is 4.67. The van der Waals surface area contributed by atoms with Gasteiger partial charge < -0.3 is 15.2 Å². The van der Waals surface area contributed by atoms with Crippen molar-refractivity contribution in [2.45, 2.75) is 25.9 Å². The fraction of sp³-hybridized carbons (Fsp3) is 0.636. The monoisotopic (exact) mass is 225 g/mol. The highest BCUT2D eigenvalue weighted by Gasteiger charge is 2.19. The maximum absolute atomic E-state index is 9.99. The summed E-state index contributed by atoms with van der Waals surface area (Å²) < 4.78 is 4.93. The second kappa shape index (κ2) is 5.77. The molecule has 90 valence electrons. The van der Waals surface area contributed by atoms with E-state index in [9.17, 15) is 5.11 Å². The Morgan fingerprint density at radius 3 is 2.94 bits per heavy atom. The maximum Gasteiger partial charge on any atom is 0.149 e. The largest absolute Gasteiger partial charge is 0.388 e. The molecule has 1 heterocycles. The molecule has 0 saturated heterocycles. The van der Waals surface area contributed by atoms with Gasteiger partial charge in [-0.05, 0) is 25.5 Å². The lowest BCUT2D eigenvalue weighted by atomic mass is 10.0. The van der Waals surface area contributed by atoms with E-state index < -0.39 is 5.60 Å². The highest BCUT2D eigenvalue weighted by atomic mass is 16.5. The minimum Gasteiger partial charge on any atom is -0.388 e. The van der Waals surface area contributed by atoms with Gasteiger partial charge in [-0.1, -0.05) is 0 Å². The molecule has 0 saturated carbocycles. The summed E-state index contributed by atoms with van der Waals surface area (Å²) in [6.07, 6.45) is 2.27. The van der Waals surface area contributed by atoms with Crippen LogP contribution in [0.2, 0.25) is 0 Å². The lowest BCUT2D eigenvalue weighted by molar-refractivity contribution is 0.0357. The number of aliphatic hydroxyl groups is 1. The summed E-state index contributed by atoms with van der Waals surface area (Å²) >= 11 is 0. The van der Waals surface area contributed by atoms with Gasteiger partial charge in [0, 0.05) is 26.7 Å². The molecule has 1 atom stereocenters. The molecule has 1 aromatic heterocycles. The fourth-order valence-electron chi connectivity index (χ4n) is 1.24. The zero-order valence-electron chi connectivity index (χ0n) is 10.0. The molecule has 0 aromatic carbocycles. The van der Waals surface area contributed by atoms with Crippen LogP contribution in [-0.2, 0) is 4.74 Å². The summed E-state index contributed by atoms with van der Waals surface area (Å²) in [7, 11) is 1.62. The van der Waals surface area contributed by atoms with Crippen molar-refractivity contribution in [2.75, 3.05) is 25.6 Å². The van der Waals surface area contributed by atoms with Gasteiger partial charge in [-0.3, -0.25) is 0 Å². The van der Waals surface area contributed by atoms with Gasteiger partial charge >= 0.3 is 0 Å². The average molecular weight is 225 g/mol. The molecule has 1 rings (SSSR count). The number of rotatable bonds is 6. The number of hydrogen-bond donors (Lipinski definition) is 2. The molecule has 0 radical (unpaired) electrons. The van der Waals surface area contributed by atoms with E-state index in [1.807, 2.05) is 13.0 Å². The third kappa shape index (κ3) is 4.55. The van der Waals surface area contributed by atoms with Crippen LogP contribution in [0.4, 0.5) is 5.82 Å². The minimum absolute atomic E-state index is 0.425. The second-order valence-electron chi connectivity index (χ2n) is 4.21. The first kappa shape index (κ1) is 12.9. The van der Waals surface area contributed by atoms with Crippen LogP contribution < -0.4 is 5.32 Å². The molecule has 5 heteroatoms. The lowest BCUT2D eigenvalue weighted by Gasteiger charge is -2.23. The van der Waals surface area contributed by atoms with E-state index in [1.54, 1.807) is 20.2 Å². The summed E-state index contributed by atoms with van der Waals surface area (Å²) in [5.41, 5.74) is 0.232. The maximum atomic E-state index is 9.99. The number of aromatic nitrogens is 2. The van der Waals surface area contributed by atoms with Crippen molar-refractivity contribution < 1.29 is 9.84 Å². The van der Waals surface area contributed by atoms with Crippen LogP contribution in [0.25, 0.3) is 0 Å². The van der Waals surface area contributed by atoms with Crippen LogP contribution in [0, 0.1) is 6.92 Å². The molecule has 0 aliphatic carbocycles. The van der Waals surface area contributed by atoms with E-state index in [2.05, 4.69) is 15.5 Å². The Hall–Kier alpha value is -1.20. The number of nitrogens with zero attached hydrogens (tertiary/aromatic N) is 2. The van der Waals surface area contributed by atoms with Gasteiger partial charge in [-0.2, -0.15) is 5.10 Å². The first-order valence-corrected chi connectivity index (χ1v) is 5.28. The normalized spacial score (nSPS) is 14.5. The molecule has 1 aromatic rings. The van der Waals surface area contributed by atoms with Crippen molar-refractivity contribution in [3.63, 3.8) is 0 Å². The topological polar surface area (TPSA) is 67.3 Å². The zero-order chi connectivity index (χ0) is 12.0. The van der Waals surface area contributed by atoms with Gasteiger partial charge in [0.2, 0.25) is 0 Å². The summed E-state index contributed by atoms with van der Waals surface area (Å²) in [5.74, 6) is 0.678. The Balaban J connectivity index is 2.44. The van der Waals surface area contributed by atoms with Gasteiger partial charge in [0.05, 0.1) is 11.8 Å². The quantitative estimate of drug-likeness (QED) is 0.755. The molecular formula is C11H19N3O2. The van der Waals surface area contributed by atoms with Gasteiger partial charge in [0.1, 0.15) is 5.82 Å². The van der Waals surface area contributed by atoms with Gasteiger partial charge in [-0.25, -0.2) is 0 Å². The second-order valence-corrected chi connectivity index (χ2v) is 4.21. The molecule has 0 aliphatic rings. The van der Waals surface area contributed by atoms with Crippen LogP contribution in [0.5, 0.6) is 0 Å². The average Bonchev–Trinajstić information content (AvgIpc) is 2.24. The van der Waals surface area contributed by atoms with E-state index in [0.29, 0.717) is 25.4 Å². The number of ether oxygens (including phenoxy) is 1. The first-order chi connectivity index (χ1) is 7.53. The predicted octanol–water partition coefficient (Wildman–Crippen LogP) is 0.984. The van der Waals surface area contributed by atoms with Crippen molar-refractivity contribution in [1.29, 1.82) is 0 Å². The van der Waals surface area contributed by atoms with E-state index in [-0.39, 0.29) is 0 Å². The van der Waals surface area contributed by atoms with E-state index in [0.717, 1.165) is 5.56 Å². The lowest BCUT2D eigenvalue weighted by Crippen LogP contribution is -2.34. The van der Waals surface area contributed by atoms with E-state index in [4.69, 9.17) is 4.74 Å². The standard InChI is InChI=1S/C11H19N3O2/c1-9-6-10(14-13-7-9)12-8-11(2,15)4-5-16-3/h6-7,15H,4-5,8H2,1-3H3,(H,12,14). The van der Waals surface area contributed by atoms with Crippen LogP contribution in [0.15, 0.2) is 12.3 Å². The molecule has 16 heavy (non-hydrogen) atoms. The van der Waals surface area contributed by atoms with Crippen LogP contribution in [-0.4, -0.2) is 41.2 Å². The van der Waals surface area contributed by atoms with Crippen molar-refractivity contribution in [2.24, 2.45) is 0 Å². The predicted molar refractivity (Wildman–Crippen MR) is 62.4 cm³/mol. The first-order valence-electron chi connectivity index (χ1n) is 5.28. The molecule has 1 unspecified atom stereocenters. The molecule has 0 spiro atoms. The number of methoxy groups -OCH3 is 1. The molecular weight excluding hydrogens is 206 g/mol. The Labute approximate surface area is 95.9 Å². The van der Waals surface area contributed by atoms with Crippen LogP contribution >= 0.6 is 0 Å². The summed E-state index contributed by atoms with van der Waals surface area (Å²) in [5, 5.41) is 20.8. The molecule has 5 nitrogen and oxygen atoms in total. The number of aryl methyl sites for hydroxylation is 1. The SMILES string of the molecule is COCCC(C)(O)CNc1cc(C)cnn1. The van der Waals surface area contributed by atoms with E-state index in [1.165, 1.54) is 0 Å². The summed E-state index contributed by atoms with van der Waals surface area (Å²) in [6, 6.07) is 1.89. The Kier molecular flexibility index (Phi) is 4.64. The molecule has 0 bridgehead atoms. The number of nitrogens with one attached hydrogen (secondary N) is 1. The molecule has 0 amide bonds. The minimum atomic E-state index is -0.804. The highest BCUT2D eigenvalue weighted by Crippen LogP contribution is 2.11. The number of hydrogen-bond acceptors (Lipinski definition) is 5. The highest BCUT2D eigenvalue weighted by molar-refractivity contribution is 5.35.